The Morgan fingerprint density at radius 3 is 2.31 bits per heavy atom. The Morgan fingerprint density at radius 1 is 1.38 bits per heavy atom. The number of aliphatic carboxylic acids is 1. The van der Waals surface area contributed by atoms with Crippen LogP contribution >= 0.6 is 0 Å². The van der Waals surface area contributed by atoms with Crippen molar-refractivity contribution in [2.45, 2.75) is 13.8 Å². The average molecular weight is 231 g/mol. The smallest absolute Gasteiger partial charge is 0.323 e. The van der Waals surface area contributed by atoms with Crippen molar-refractivity contribution in [2.24, 2.45) is 11.7 Å². The maximum Gasteiger partial charge on any atom is 0.323 e. The molecule has 16 heavy (non-hydrogen) atoms. The van der Waals surface area contributed by atoms with E-state index in [-0.39, 0.29) is 12.5 Å². The van der Waals surface area contributed by atoms with Crippen LogP contribution in [0.4, 0.5) is 4.79 Å². The third-order valence-electron chi connectivity index (χ3n) is 1.61. The Bertz CT molecular complexity index is 278. The zero-order valence-electron chi connectivity index (χ0n) is 9.40. The van der Waals surface area contributed by atoms with Crippen LogP contribution in [0.2, 0.25) is 0 Å². The number of carbonyl (C=O) groups is 3. The number of primary amides is 1. The van der Waals surface area contributed by atoms with Crippen LogP contribution in [0.5, 0.6) is 0 Å². The van der Waals surface area contributed by atoms with Gasteiger partial charge in [0.05, 0.1) is 6.54 Å². The molecule has 7 heteroatoms. The topological polar surface area (TPSA) is 113 Å². The molecule has 3 amide bonds. The number of carbonyl (C=O) groups excluding carboxylic acids is 2. The highest BCUT2D eigenvalue weighted by Gasteiger charge is 2.17. The molecule has 92 valence electrons. The van der Waals surface area contributed by atoms with Gasteiger partial charge in [-0.05, 0) is 5.92 Å². The van der Waals surface area contributed by atoms with Crippen molar-refractivity contribution in [3.63, 3.8) is 0 Å². The Morgan fingerprint density at radius 2 is 1.94 bits per heavy atom. The van der Waals surface area contributed by atoms with Crippen molar-refractivity contribution in [3.05, 3.63) is 0 Å². The summed E-state index contributed by atoms with van der Waals surface area (Å²) in [6.07, 6.45) is 0. The van der Waals surface area contributed by atoms with Gasteiger partial charge in [0.2, 0.25) is 5.91 Å². The number of nitrogens with one attached hydrogen (secondary N) is 1. The number of nitrogens with two attached hydrogens (primary N) is 1. The second kappa shape index (κ2) is 6.65. The van der Waals surface area contributed by atoms with Crippen molar-refractivity contribution in [1.82, 2.24) is 10.2 Å². The lowest BCUT2D eigenvalue weighted by atomic mass is 10.2. The zero-order valence-corrected chi connectivity index (χ0v) is 9.40. The molecule has 0 fully saturated rings. The van der Waals surface area contributed by atoms with Crippen LogP contribution in [0.1, 0.15) is 13.8 Å². The first-order chi connectivity index (χ1) is 7.32. The van der Waals surface area contributed by atoms with Gasteiger partial charge < -0.3 is 21.1 Å². The molecule has 0 saturated carbocycles. The van der Waals surface area contributed by atoms with Crippen LogP contribution in [-0.4, -0.2) is 47.5 Å². The minimum absolute atomic E-state index is 0.138. The molecule has 0 spiro atoms. The molecular weight excluding hydrogens is 214 g/mol. The number of hydrogen-bond donors (Lipinski definition) is 3. The van der Waals surface area contributed by atoms with Crippen molar-refractivity contribution in [1.29, 1.82) is 0 Å². The predicted octanol–water partition coefficient (Wildman–Crippen LogP) is -0.776. The summed E-state index contributed by atoms with van der Waals surface area (Å²) in [7, 11) is 0. The highest BCUT2D eigenvalue weighted by atomic mass is 16.4. The van der Waals surface area contributed by atoms with Crippen molar-refractivity contribution in [3.8, 4) is 0 Å². The molecule has 0 saturated heterocycles. The van der Waals surface area contributed by atoms with E-state index in [0.29, 0.717) is 6.54 Å². The number of nitrogens with zero attached hydrogens (tertiary/aromatic N) is 1. The molecular formula is C9H17N3O4. The van der Waals surface area contributed by atoms with E-state index in [1.54, 1.807) is 0 Å². The van der Waals surface area contributed by atoms with E-state index >= 15 is 0 Å². The largest absolute Gasteiger partial charge is 0.480 e. The van der Waals surface area contributed by atoms with Crippen molar-refractivity contribution >= 4 is 17.9 Å². The van der Waals surface area contributed by atoms with Crippen LogP contribution in [-0.2, 0) is 9.59 Å². The van der Waals surface area contributed by atoms with E-state index in [0.717, 1.165) is 4.90 Å². The lowest BCUT2D eigenvalue weighted by Gasteiger charge is -2.22. The summed E-state index contributed by atoms with van der Waals surface area (Å²) in [5.74, 6) is -1.64. The van der Waals surface area contributed by atoms with Gasteiger partial charge in [0, 0.05) is 6.54 Å². The third-order valence-corrected chi connectivity index (χ3v) is 1.61. The summed E-state index contributed by atoms with van der Waals surface area (Å²) < 4.78 is 0. The van der Waals surface area contributed by atoms with E-state index < -0.39 is 24.5 Å². The Labute approximate surface area is 93.6 Å². The minimum atomic E-state index is -1.10. The van der Waals surface area contributed by atoms with Crippen molar-refractivity contribution < 1.29 is 19.5 Å². The van der Waals surface area contributed by atoms with Gasteiger partial charge in [0.1, 0.15) is 6.54 Å². The van der Waals surface area contributed by atoms with E-state index in [4.69, 9.17) is 10.8 Å². The summed E-state index contributed by atoms with van der Waals surface area (Å²) in [5.41, 5.74) is 4.85. The lowest BCUT2D eigenvalue weighted by molar-refractivity contribution is -0.137. The van der Waals surface area contributed by atoms with Crippen LogP contribution in [0.15, 0.2) is 0 Å². The molecule has 0 heterocycles. The van der Waals surface area contributed by atoms with E-state index in [1.807, 2.05) is 13.8 Å². The number of urea groups is 1. The summed E-state index contributed by atoms with van der Waals surface area (Å²) >= 11 is 0. The molecule has 4 N–H and O–H groups in total. The van der Waals surface area contributed by atoms with Crippen molar-refractivity contribution in [2.75, 3.05) is 19.6 Å². The highest BCUT2D eigenvalue weighted by molar-refractivity contribution is 5.84. The maximum absolute atomic E-state index is 11.5. The molecule has 0 unspecified atom stereocenters. The van der Waals surface area contributed by atoms with Gasteiger partial charge >= 0.3 is 12.0 Å². The molecule has 0 aliphatic carbocycles. The Hall–Kier alpha value is -1.79. The first kappa shape index (κ1) is 14.2. The molecule has 0 aromatic rings. The van der Waals surface area contributed by atoms with Gasteiger partial charge in [-0.3, -0.25) is 9.59 Å². The standard InChI is InChI=1S/C9H17N3O4/c1-6(2)4-12(5-8(14)15)9(16)11-3-7(10)13/h6H,3-5H2,1-2H3,(H2,10,13)(H,11,16)(H,14,15). The molecule has 0 radical (unpaired) electrons. The summed E-state index contributed by atoms with van der Waals surface area (Å²) in [4.78, 5) is 33.5. The Kier molecular flexibility index (Phi) is 5.91. The second-order valence-corrected chi connectivity index (χ2v) is 3.79. The summed E-state index contributed by atoms with van der Waals surface area (Å²) in [6, 6.07) is -0.602. The molecule has 0 atom stereocenters. The number of amides is 3. The molecule has 0 aliphatic heterocycles. The molecule has 0 rings (SSSR count). The second-order valence-electron chi connectivity index (χ2n) is 3.79. The quantitative estimate of drug-likeness (QED) is 0.556. The number of carboxylic acid groups (broad SMARTS) is 1. The fraction of sp³-hybridized carbons (Fsp3) is 0.667. The van der Waals surface area contributed by atoms with Gasteiger partial charge in [-0.15, -0.1) is 0 Å². The number of rotatable bonds is 6. The minimum Gasteiger partial charge on any atom is -0.480 e. The normalized spacial score (nSPS) is 9.94. The first-order valence-electron chi connectivity index (χ1n) is 4.85. The summed E-state index contributed by atoms with van der Waals surface area (Å²) in [5, 5.41) is 10.9. The molecule has 0 aromatic heterocycles. The number of carboxylic acids is 1. The first-order valence-corrected chi connectivity index (χ1v) is 4.85. The third kappa shape index (κ3) is 6.63. The van der Waals surface area contributed by atoms with Gasteiger partial charge in [0.15, 0.2) is 0 Å². The maximum atomic E-state index is 11.5. The molecule has 0 aliphatic rings. The summed E-state index contributed by atoms with van der Waals surface area (Å²) in [6.45, 7) is 3.32. The van der Waals surface area contributed by atoms with Crippen LogP contribution in [0.3, 0.4) is 0 Å². The fourth-order valence-electron chi connectivity index (χ4n) is 1.10. The fourth-order valence-corrected chi connectivity index (χ4v) is 1.10. The van der Waals surface area contributed by atoms with Crippen LogP contribution in [0, 0.1) is 5.92 Å². The zero-order chi connectivity index (χ0) is 12.7. The number of hydrogen-bond acceptors (Lipinski definition) is 3. The lowest BCUT2D eigenvalue weighted by Crippen LogP contribution is -2.46. The van der Waals surface area contributed by atoms with Gasteiger partial charge in [-0.25, -0.2) is 4.79 Å². The molecule has 0 bridgehead atoms. The highest BCUT2D eigenvalue weighted by Crippen LogP contribution is 1.98. The molecule has 0 aromatic carbocycles. The van der Waals surface area contributed by atoms with Gasteiger partial charge in [-0.2, -0.15) is 0 Å². The van der Waals surface area contributed by atoms with Gasteiger partial charge in [-0.1, -0.05) is 13.8 Å². The SMILES string of the molecule is CC(C)CN(CC(=O)O)C(=O)NCC(N)=O. The predicted molar refractivity (Wildman–Crippen MR) is 56.6 cm³/mol. The average Bonchev–Trinajstić information content (AvgIpc) is 2.11. The monoisotopic (exact) mass is 231 g/mol. The van der Waals surface area contributed by atoms with Crippen LogP contribution < -0.4 is 11.1 Å². The van der Waals surface area contributed by atoms with Crippen LogP contribution in [0.25, 0.3) is 0 Å². The molecule has 7 nitrogen and oxygen atoms in total. The Balaban J connectivity index is 4.31. The van der Waals surface area contributed by atoms with Gasteiger partial charge in [0.25, 0.3) is 0 Å². The van der Waals surface area contributed by atoms with E-state index in [9.17, 15) is 14.4 Å². The van der Waals surface area contributed by atoms with E-state index in [1.165, 1.54) is 0 Å². The van der Waals surface area contributed by atoms with E-state index in [2.05, 4.69) is 5.32 Å².